The van der Waals surface area contributed by atoms with Crippen LogP contribution in [0.4, 0.5) is 5.69 Å². The quantitative estimate of drug-likeness (QED) is 0.792. The van der Waals surface area contributed by atoms with Crippen molar-refractivity contribution in [2.75, 3.05) is 11.3 Å². The first kappa shape index (κ1) is 16.5. The van der Waals surface area contributed by atoms with Crippen LogP contribution >= 0.6 is 27.3 Å². The standard InChI is InChI=1S/C14H17BrN2O2S2/c1-3-16-8-11-6-14(20-9-11)21(18,19)17-13-7-12(15)5-4-10(13)2/h4-7,9,16-17H,3,8H2,1-2H3. The smallest absolute Gasteiger partial charge is 0.271 e. The van der Waals surface area contributed by atoms with Crippen LogP contribution in [0.1, 0.15) is 18.1 Å². The van der Waals surface area contributed by atoms with Crippen LogP contribution in [0.25, 0.3) is 0 Å². The maximum atomic E-state index is 12.4. The molecule has 0 saturated heterocycles. The van der Waals surface area contributed by atoms with Crippen LogP contribution in [0.5, 0.6) is 0 Å². The van der Waals surface area contributed by atoms with E-state index < -0.39 is 10.0 Å². The lowest BCUT2D eigenvalue weighted by molar-refractivity contribution is 0.603. The summed E-state index contributed by atoms with van der Waals surface area (Å²) >= 11 is 4.59. The number of hydrogen-bond acceptors (Lipinski definition) is 4. The number of benzene rings is 1. The van der Waals surface area contributed by atoms with Crippen molar-refractivity contribution in [2.24, 2.45) is 0 Å². The number of halogens is 1. The SMILES string of the molecule is CCNCc1csc(S(=O)(=O)Nc2cc(Br)ccc2C)c1. The number of anilines is 1. The Morgan fingerprint density at radius 3 is 2.76 bits per heavy atom. The highest BCUT2D eigenvalue weighted by Gasteiger charge is 2.18. The number of rotatable bonds is 6. The molecule has 0 atom stereocenters. The Hall–Kier alpha value is -0.890. The molecule has 4 nitrogen and oxygen atoms in total. The highest BCUT2D eigenvalue weighted by atomic mass is 79.9. The predicted molar refractivity (Wildman–Crippen MR) is 91.4 cm³/mol. The van der Waals surface area contributed by atoms with E-state index in [0.29, 0.717) is 16.4 Å². The Bertz CT molecular complexity index is 726. The Balaban J connectivity index is 2.22. The molecule has 0 unspecified atom stereocenters. The molecule has 0 fully saturated rings. The second kappa shape index (κ2) is 6.91. The van der Waals surface area contributed by atoms with E-state index in [1.54, 1.807) is 12.1 Å². The fourth-order valence-corrected chi connectivity index (χ4v) is 4.45. The summed E-state index contributed by atoms with van der Waals surface area (Å²) in [5.41, 5.74) is 2.45. The minimum atomic E-state index is -3.54. The van der Waals surface area contributed by atoms with Crippen LogP contribution < -0.4 is 10.0 Å². The van der Waals surface area contributed by atoms with Crippen molar-refractivity contribution in [3.63, 3.8) is 0 Å². The van der Waals surface area contributed by atoms with Crippen LogP contribution in [-0.4, -0.2) is 15.0 Å². The third-order valence-corrected chi connectivity index (χ3v) is 6.26. The van der Waals surface area contributed by atoms with E-state index in [0.717, 1.165) is 22.1 Å². The van der Waals surface area contributed by atoms with Gasteiger partial charge in [0.2, 0.25) is 0 Å². The van der Waals surface area contributed by atoms with E-state index in [9.17, 15) is 8.42 Å². The molecule has 2 aromatic rings. The van der Waals surface area contributed by atoms with Crippen molar-refractivity contribution in [3.8, 4) is 0 Å². The Labute approximate surface area is 137 Å². The van der Waals surface area contributed by atoms with Gasteiger partial charge >= 0.3 is 0 Å². The van der Waals surface area contributed by atoms with Gasteiger partial charge in [0.15, 0.2) is 0 Å². The Morgan fingerprint density at radius 1 is 1.29 bits per heavy atom. The van der Waals surface area contributed by atoms with E-state index in [1.807, 2.05) is 31.4 Å². The van der Waals surface area contributed by atoms with E-state index >= 15 is 0 Å². The van der Waals surface area contributed by atoms with Gasteiger partial charge in [-0.15, -0.1) is 11.3 Å². The molecule has 0 aliphatic heterocycles. The lowest BCUT2D eigenvalue weighted by Gasteiger charge is -2.09. The molecule has 0 spiro atoms. The molecule has 1 heterocycles. The zero-order chi connectivity index (χ0) is 15.5. The molecule has 21 heavy (non-hydrogen) atoms. The first-order chi connectivity index (χ1) is 9.92. The maximum absolute atomic E-state index is 12.4. The van der Waals surface area contributed by atoms with Crippen molar-refractivity contribution in [1.29, 1.82) is 0 Å². The number of sulfonamides is 1. The summed E-state index contributed by atoms with van der Waals surface area (Å²) in [5.74, 6) is 0. The van der Waals surface area contributed by atoms with Gasteiger partial charge in [0.05, 0.1) is 5.69 Å². The molecule has 0 aliphatic rings. The number of nitrogens with one attached hydrogen (secondary N) is 2. The largest absolute Gasteiger partial charge is 0.313 e. The summed E-state index contributed by atoms with van der Waals surface area (Å²) in [5, 5.41) is 5.05. The maximum Gasteiger partial charge on any atom is 0.271 e. The molecule has 0 aliphatic carbocycles. The summed E-state index contributed by atoms with van der Waals surface area (Å²) in [6.07, 6.45) is 0. The summed E-state index contributed by atoms with van der Waals surface area (Å²) in [4.78, 5) is 0. The molecule has 1 aromatic heterocycles. The van der Waals surface area contributed by atoms with Crippen molar-refractivity contribution >= 4 is 43.0 Å². The number of hydrogen-bond donors (Lipinski definition) is 2. The second-order valence-corrected chi connectivity index (χ2v) is 8.36. The second-order valence-electron chi connectivity index (χ2n) is 4.62. The minimum Gasteiger partial charge on any atom is -0.313 e. The van der Waals surface area contributed by atoms with Gasteiger partial charge in [0.1, 0.15) is 4.21 Å². The first-order valence-electron chi connectivity index (χ1n) is 6.49. The van der Waals surface area contributed by atoms with Gasteiger partial charge in [-0.2, -0.15) is 0 Å². The van der Waals surface area contributed by atoms with Gasteiger partial charge in [-0.3, -0.25) is 4.72 Å². The third-order valence-electron chi connectivity index (χ3n) is 2.92. The molecule has 2 N–H and O–H groups in total. The molecular formula is C14H17BrN2O2S2. The van der Waals surface area contributed by atoms with Crippen LogP contribution in [0, 0.1) is 6.92 Å². The highest BCUT2D eigenvalue weighted by molar-refractivity contribution is 9.10. The summed E-state index contributed by atoms with van der Waals surface area (Å²) < 4.78 is 28.6. The topological polar surface area (TPSA) is 58.2 Å². The fourth-order valence-electron chi connectivity index (χ4n) is 1.76. The summed E-state index contributed by atoms with van der Waals surface area (Å²) in [6.45, 7) is 5.42. The van der Waals surface area contributed by atoms with Gasteiger partial charge < -0.3 is 5.32 Å². The van der Waals surface area contributed by atoms with Crippen molar-refractivity contribution < 1.29 is 8.42 Å². The molecule has 7 heteroatoms. The molecule has 1 aromatic carbocycles. The van der Waals surface area contributed by atoms with Gasteiger partial charge in [0, 0.05) is 11.0 Å². The van der Waals surface area contributed by atoms with Gasteiger partial charge in [-0.1, -0.05) is 28.9 Å². The molecule has 0 saturated carbocycles. The molecular weight excluding hydrogens is 372 g/mol. The van der Waals surface area contributed by atoms with Crippen molar-refractivity contribution in [1.82, 2.24) is 5.32 Å². The predicted octanol–water partition coefficient (Wildman–Crippen LogP) is 3.73. The third kappa shape index (κ3) is 4.29. The molecule has 0 amide bonds. The van der Waals surface area contributed by atoms with E-state index in [4.69, 9.17) is 0 Å². The number of thiophene rings is 1. The minimum absolute atomic E-state index is 0.328. The van der Waals surface area contributed by atoms with Gasteiger partial charge in [-0.25, -0.2) is 8.42 Å². The average molecular weight is 389 g/mol. The lowest BCUT2D eigenvalue weighted by atomic mass is 10.2. The zero-order valence-corrected chi connectivity index (χ0v) is 15.0. The summed E-state index contributed by atoms with van der Waals surface area (Å²) in [7, 11) is -3.54. The molecule has 0 radical (unpaired) electrons. The Kier molecular flexibility index (Phi) is 5.43. The van der Waals surface area contributed by atoms with Gasteiger partial charge in [0.25, 0.3) is 10.0 Å². The van der Waals surface area contributed by atoms with Gasteiger partial charge in [-0.05, 0) is 48.2 Å². The van der Waals surface area contributed by atoms with Crippen LogP contribution in [0.15, 0.2) is 38.3 Å². The molecule has 2 rings (SSSR count). The van der Waals surface area contributed by atoms with Crippen LogP contribution in [-0.2, 0) is 16.6 Å². The zero-order valence-electron chi connectivity index (χ0n) is 11.8. The monoisotopic (exact) mass is 388 g/mol. The van der Waals surface area contributed by atoms with E-state index in [2.05, 4.69) is 26.0 Å². The van der Waals surface area contributed by atoms with Crippen LogP contribution in [0.3, 0.4) is 0 Å². The normalized spacial score (nSPS) is 11.6. The van der Waals surface area contributed by atoms with Crippen LogP contribution in [0.2, 0.25) is 0 Å². The van der Waals surface area contributed by atoms with E-state index in [-0.39, 0.29) is 0 Å². The summed E-state index contributed by atoms with van der Waals surface area (Å²) in [6, 6.07) is 7.22. The molecule has 114 valence electrons. The molecule has 0 bridgehead atoms. The first-order valence-corrected chi connectivity index (χ1v) is 9.65. The average Bonchev–Trinajstić information content (AvgIpc) is 2.90. The van der Waals surface area contributed by atoms with Crippen molar-refractivity contribution in [2.45, 2.75) is 24.6 Å². The Morgan fingerprint density at radius 2 is 2.05 bits per heavy atom. The van der Waals surface area contributed by atoms with Crippen molar-refractivity contribution in [3.05, 3.63) is 45.2 Å². The van der Waals surface area contributed by atoms with E-state index in [1.165, 1.54) is 11.3 Å². The fraction of sp³-hybridized carbons (Fsp3) is 0.286. The number of aryl methyl sites for hydroxylation is 1. The lowest BCUT2D eigenvalue weighted by Crippen LogP contribution is -2.13. The highest BCUT2D eigenvalue weighted by Crippen LogP contribution is 2.26.